The van der Waals surface area contributed by atoms with E-state index in [2.05, 4.69) is 11.9 Å². The third-order valence-corrected chi connectivity index (χ3v) is 5.39. The molecule has 3 aromatic rings. The Labute approximate surface area is 171 Å². The SMILES string of the molecule is C=C1CCC(N2C(=O)c3cccc(OCc4cc5ccccc5o4)c3C2=O)C(=O)N1. The van der Waals surface area contributed by atoms with Gasteiger partial charge in [-0.1, -0.05) is 30.8 Å². The fraction of sp³-hybridized carbons (Fsp3) is 0.174. The molecule has 1 aromatic heterocycles. The molecule has 30 heavy (non-hydrogen) atoms. The molecule has 3 heterocycles. The number of carbonyl (C=O) groups is 3. The third kappa shape index (κ3) is 2.86. The molecule has 150 valence electrons. The lowest BCUT2D eigenvalue weighted by atomic mass is 10.0. The lowest BCUT2D eigenvalue weighted by Crippen LogP contribution is -2.51. The number of nitrogens with one attached hydrogen (secondary N) is 1. The molecule has 2 aliphatic rings. The standard InChI is InChI=1S/C23H18N2O5/c1-13-9-10-17(21(26)24-13)25-22(27)16-6-4-8-19(20(16)23(25)28)29-12-15-11-14-5-2-3-7-18(14)30-15/h2-8,11,17H,1,9-10,12H2,(H,24,26). The minimum absolute atomic E-state index is 0.107. The first kappa shape index (κ1) is 18.2. The van der Waals surface area contributed by atoms with Crippen molar-refractivity contribution in [2.45, 2.75) is 25.5 Å². The van der Waals surface area contributed by atoms with E-state index in [9.17, 15) is 14.4 Å². The number of rotatable bonds is 4. The van der Waals surface area contributed by atoms with Gasteiger partial charge < -0.3 is 14.5 Å². The third-order valence-electron chi connectivity index (χ3n) is 5.39. The van der Waals surface area contributed by atoms with Gasteiger partial charge in [0.05, 0.1) is 11.1 Å². The van der Waals surface area contributed by atoms with Gasteiger partial charge in [-0.05, 0) is 37.1 Å². The molecule has 3 amide bonds. The number of furan rings is 1. The highest BCUT2D eigenvalue weighted by atomic mass is 16.5. The molecule has 7 heteroatoms. The van der Waals surface area contributed by atoms with Crippen LogP contribution in [0.2, 0.25) is 0 Å². The molecule has 0 saturated carbocycles. The van der Waals surface area contributed by atoms with Gasteiger partial charge in [-0.3, -0.25) is 19.3 Å². The van der Waals surface area contributed by atoms with Crippen molar-refractivity contribution in [2.24, 2.45) is 0 Å². The minimum Gasteiger partial charge on any atom is -0.485 e. The van der Waals surface area contributed by atoms with E-state index in [1.165, 1.54) is 0 Å². The molecule has 1 unspecified atom stereocenters. The zero-order chi connectivity index (χ0) is 20.8. The van der Waals surface area contributed by atoms with Crippen LogP contribution in [0.1, 0.15) is 39.3 Å². The van der Waals surface area contributed by atoms with Crippen LogP contribution in [0.3, 0.4) is 0 Å². The molecule has 1 atom stereocenters. The van der Waals surface area contributed by atoms with Gasteiger partial charge in [0.15, 0.2) is 0 Å². The van der Waals surface area contributed by atoms with Crippen LogP contribution in [0.15, 0.2) is 65.2 Å². The van der Waals surface area contributed by atoms with E-state index < -0.39 is 23.8 Å². The summed E-state index contributed by atoms with van der Waals surface area (Å²) in [7, 11) is 0. The second-order valence-corrected chi connectivity index (χ2v) is 7.35. The van der Waals surface area contributed by atoms with Crippen molar-refractivity contribution in [3.8, 4) is 5.75 Å². The van der Waals surface area contributed by atoms with E-state index >= 15 is 0 Å². The number of para-hydroxylation sites is 1. The highest BCUT2D eigenvalue weighted by Gasteiger charge is 2.45. The lowest BCUT2D eigenvalue weighted by Gasteiger charge is -2.29. The number of nitrogens with zero attached hydrogens (tertiary/aromatic N) is 1. The van der Waals surface area contributed by atoms with Crippen molar-refractivity contribution < 1.29 is 23.5 Å². The molecule has 1 N–H and O–H groups in total. The largest absolute Gasteiger partial charge is 0.485 e. The van der Waals surface area contributed by atoms with Gasteiger partial charge in [0.25, 0.3) is 11.8 Å². The summed E-state index contributed by atoms with van der Waals surface area (Å²) < 4.78 is 11.6. The van der Waals surface area contributed by atoms with E-state index in [0.29, 0.717) is 24.3 Å². The van der Waals surface area contributed by atoms with Crippen LogP contribution in [0, 0.1) is 0 Å². The zero-order valence-corrected chi connectivity index (χ0v) is 16.0. The number of benzene rings is 2. The van der Waals surface area contributed by atoms with Crippen molar-refractivity contribution in [3.63, 3.8) is 0 Å². The Bertz CT molecular complexity index is 1190. The summed E-state index contributed by atoms with van der Waals surface area (Å²) in [6.45, 7) is 3.84. The van der Waals surface area contributed by atoms with E-state index in [1.807, 2.05) is 30.3 Å². The Morgan fingerprint density at radius 2 is 1.93 bits per heavy atom. The Morgan fingerprint density at radius 1 is 1.10 bits per heavy atom. The fourth-order valence-corrected chi connectivity index (χ4v) is 3.94. The van der Waals surface area contributed by atoms with Crippen LogP contribution in [0.4, 0.5) is 0 Å². The van der Waals surface area contributed by atoms with Crippen LogP contribution in [0.5, 0.6) is 5.75 Å². The molecule has 0 radical (unpaired) electrons. The first-order chi connectivity index (χ1) is 14.5. The summed E-state index contributed by atoms with van der Waals surface area (Å²) >= 11 is 0. The molecule has 0 bridgehead atoms. The fourth-order valence-electron chi connectivity index (χ4n) is 3.94. The lowest BCUT2D eigenvalue weighted by molar-refractivity contribution is -0.125. The van der Waals surface area contributed by atoms with E-state index in [-0.39, 0.29) is 23.5 Å². The number of allylic oxidation sites excluding steroid dienone is 1. The summed E-state index contributed by atoms with van der Waals surface area (Å²) in [5.74, 6) is -0.521. The van der Waals surface area contributed by atoms with E-state index in [4.69, 9.17) is 9.15 Å². The Kier molecular flexibility index (Phi) is 4.17. The van der Waals surface area contributed by atoms with Gasteiger partial charge in [-0.15, -0.1) is 0 Å². The summed E-state index contributed by atoms with van der Waals surface area (Å²) in [6, 6.07) is 13.5. The van der Waals surface area contributed by atoms with Crippen molar-refractivity contribution in [3.05, 3.63) is 77.7 Å². The molecular formula is C23H18N2O5. The molecule has 2 aromatic carbocycles. The van der Waals surface area contributed by atoms with Crippen LogP contribution < -0.4 is 10.1 Å². The van der Waals surface area contributed by atoms with Gasteiger partial charge in [0.1, 0.15) is 29.7 Å². The molecule has 2 aliphatic heterocycles. The van der Waals surface area contributed by atoms with Gasteiger partial charge in [-0.25, -0.2) is 0 Å². The molecule has 0 spiro atoms. The average Bonchev–Trinajstić information content (AvgIpc) is 3.26. The smallest absolute Gasteiger partial charge is 0.266 e. The van der Waals surface area contributed by atoms with Crippen molar-refractivity contribution in [1.29, 1.82) is 0 Å². The number of carbonyl (C=O) groups excluding carboxylic acids is 3. The van der Waals surface area contributed by atoms with E-state index in [0.717, 1.165) is 15.9 Å². The monoisotopic (exact) mass is 402 g/mol. The summed E-state index contributed by atoms with van der Waals surface area (Å²) in [4.78, 5) is 39.4. The van der Waals surface area contributed by atoms with Gasteiger partial charge in [0.2, 0.25) is 5.91 Å². The minimum atomic E-state index is -0.855. The number of hydrogen-bond acceptors (Lipinski definition) is 5. The molecule has 7 nitrogen and oxygen atoms in total. The number of ether oxygens (including phenoxy) is 1. The average molecular weight is 402 g/mol. The highest BCUT2D eigenvalue weighted by molar-refractivity contribution is 6.24. The molecule has 0 aliphatic carbocycles. The maximum Gasteiger partial charge on any atom is 0.266 e. The quantitative estimate of drug-likeness (QED) is 0.676. The normalized spacial score (nSPS) is 18.7. The van der Waals surface area contributed by atoms with Crippen molar-refractivity contribution >= 4 is 28.7 Å². The van der Waals surface area contributed by atoms with Crippen LogP contribution in [-0.2, 0) is 11.4 Å². The number of amides is 3. The first-order valence-electron chi connectivity index (χ1n) is 9.63. The summed E-state index contributed by atoms with van der Waals surface area (Å²) in [5, 5.41) is 3.58. The first-order valence-corrected chi connectivity index (χ1v) is 9.63. The topological polar surface area (TPSA) is 88.9 Å². The predicted octanol–water partition coefficient (Wildman–Crippen LogP) is 3.40. The maximum absolute atomic E-state index is 13.1. The molecule has 1 fully saturated rings. The highest BCUT2D eigenvalue weighted by Crippen LogP contribution is 2.34. The second-order valence-electron chi connectivity index (χ2n) is 7.35. The number of imide groups is 1. The summed E-state index contributed by atoms with van der Waals surface area (Å²) in [6.07, 6.45) is 0.866. The van der Waals surface area contributed by atoms with Crippen LogP contribution >= 0.6 is 0 Å². The van der Waals surface area contributed by atoms with Crippen molar-refractivity contribution in [1.82, 2.24) is 10.2 Å². The molecule has 5 rings (SSSR count). The van der Waals surface area contributed by atoms with E-state index in [1.54, 1.807) is 18.2 Å². The zero-order valence-electron chi connectivity index (χ0n) is 16.0. The van der Waals surface area contributed by atoms with Crippen LogP contribution in [0.25, 0.3) is 11.0 Å². The molecular weight excluding hydrogens is 384 g/mol. The number of hydrogen-bond donors (Lipinski definition) is 1. The van der Waals surface area contributed by atoms with Gasteiger partial charge in [0, 0.05) is 11.1 Å². The summed E-state index contributed by atoms with van der Waals surface area (Å²) in [5.41, 5.74) is 1.74. The van der Waals surface area contributed by atoms with Crippen LogP contribution in [-0.4, -0.2) is 28.7 Å². The second kappa shape index (κ2) is 6.88. The Morgan fingerprint density at radius 3 is 2.73 bits per heavy atom. The predicted molar refractivity (Wildman–Crippen MR) is 108 cm³/mol. The number of piperidine rings is 1. The van der Waals surface area contributed by atoms with Gasteiger partial charge >= 0.3 is 0 Å². The molecule has 1 saturated heterocycles. The number of fused-ring (bicyclic) bond motifs is 2. The Hall–Kier alpha value is -3.87. The van der Waals surface area contributed by atoms with Gasteiger partial charge in [-0.2, -0.15) is 0 Å². The van der Waals surface area contributed by atoms with Crippen molar-refractivity contribution in [2.75, 3.05) is 0 Å². The Balaban J connectivity index is 1.41. The maximum atomic E-state index is 13.1.